The fourth-order valence-electron chi connectivity index (χ4n) is 2.32. The molecule has 1 aromatic carbocycles. The molecule has 19 heavy (non-hydrogen) atoms. The fraction of sp³-hybridized carbons (Fsp3) is 0.533. The van der Waals surface area contributed by atoms with Crippen molar-refractivity contribution in [2.24, 2.45) is 0 Å². The van der Waals surface area contributed by atoms with Crippen LogP contribution in [0.1, 0.15) is 31.2 Å². The smallest absolute Gasteiger partial charge is 0.232 e. The molecule has 1 heterocycles. The van der Waals surface area contributed by atoms with Crippen molar-refractivity contribution in [3.63, 3.8) is 0 Å². The van der Waals surface area contributed by atoms with Gasteiger partial charge in [-0.1, -0.05) is 18.9 Å². The molecule has 1 saturated heterocycles. The molecule has 2 N–H and O–H groups in total. The number of amides is 1. The van der Waals surface area contributed by atoms with E-state index in [1.54, 1.807) is 11.8 Å². The van der Waals surface area contributed by atoms with Gasteiger partial charge in [-0.3, -0.25) is 4.79 Å². The molecule has 1 aliphatic rings. The quantitative estimate of drug-likeness (QED) is 0.683. The van der Waals surface area contributed by atoms with Crippen LogP contribution in [0.3, 0.4) is 0 Å². The minimum absolute atomic E-state index is 0.243. The number of hydrogen-bond donors (Lipinski definition) is 1. The van der Waals surface area contributed by atoms with Crippen LogP contribution in [0.25, 0.3) is 0 Å². The van der Waals surface area contributed by atoms with Crippen molar-refractivity contribution in [2.75, 3.05) is 24.6 Å². The number of nitrogens with two attached hydrogens (primary N) is 1. The Labute approximate surface area is 119 Å². The van der Waals surface area contributed by atoms with Crippen LogP contribution >= 0.6 is 11.8 Å². The van der Waals surface area contributed by atoms with Gasteiger partial charge in [0, 0.05) is 23.7 Å². The van der Waals surface area contributed by atoms with E-state index in [-0.39, 0.29) is 5.91 Å². The number of rotatable bonds is 3. The summed E-state index contributed by atoms with van der Waals surface area (Å²) in [6, 6.07) is 5.96. The molecule has 0 spiro atoms. The summed E-state index contributed by atoms with van der Waals surface area (Å²) in [6.07, 6.45) is 4.79. The zero-order chi connectivity index (χ0) is 13.7. The second-order valence-electron chi connectivity index (χ2n) is 5.12. The first kappa shape index (κ1) is 14.3. The third kappa shape index (κ3) is 4.16. The number of aryl methyl sites for hydroxylation is 1. The molecule has 0 unspecified atom stereocenters. The molecular weight excluding hydrogens is 256 g/mol. The van der Waals surface area contributed by atoms with Crippen molar-refractivity contribution in [3.05, 3.63) is 23.8 Å². The standard InChI is InChI=1S/C15H22N2OS/c1-12-6-7-13(16)14(10-12)19-11-15(18)17-8-4-2-3-5-9-17/h6-7,10H,2-5,8-9,11,16H2,1H3. The topological polar surface area (TPSA) is 46.3 Å². The highest BCUT2D eigenvalue weighted by Gasteiger charge is 2.15. The Kier molecular flexibility index (Phi) is 5.14. The summed E-state index contributed by atoms with van der Waals surface area (Å²) >= 11 is 1.55. The normalized spacial score (nSPS) is 16.2. The third-order valence-electron chi connectivity index (χ3n) is 3.48. The molecule has 0 bridgehead atoms. The van der Waals surface area contributed by atoms with Crippen molar-refractivity contribution >= 4 is 23.4 Å². The molecule has 104 valence electrons. The Bertz CT molecular complexity index is 440. The number of nitrogen functional groups attached to an aromatic ring is 1. The average molecular weight is 278 g/mol. The highest BCUT2D eigenvalue weighted by atomic mass is 32.2. The Hall–Kier alpha value is -1.16. The van der Waals surface area contributed by atoms with Crippen molar-refractivity contribution in [2.45, 2.75) is 37.5 Å². The van der Waals surface area contributed by atoms with E-state index in [0.717, 1.165) is 36.5 Å². The molecule has 0 atom stereocenters. The maximum Gasteiger partial charge on any atom is 0.232 e. The van der Waals surface area contributed by atoms with Gasteiger partial charge < -0.3 is 10.6 Å². The lowest BCUT2D eigenvalue weighted by molar-refractivity contribution is -0.128. The molecule has 3 nitrogen and oxygen atoms in total. The molecule has 0 aromatic heterocycles. The van der Waals surface area contributed by atoms with Crippen LogP contribution in [-0.4, -0.2) is 29.6 Å². The number of anilines is 1. The van der Waals surface area contributed by atoms with Crippen LogP contribution in [0.15, 0.2) is 23.1 Å². The molecule has 4 heteroatoms. The largest absolute Gasteiger partial charge is 0.398 e. The summed E-state index contributed by atoms with van der Waals surface area (Å²) in [5, 5.41) is 0. The Morgan fingerprint density at radius 3 is 2.63 bits per heavy atom. The van der Waals surface area contributed by atoms with E-state index in [2.05, 4.69) is 6.07 Å². The maximum atomic E-state index is 12.2. The number of benzene rings is 1. The van der Waals surface area contributed by atoms with Crippen molar-refractivity contribution in [1.29, 1.82) is 0 Å². The van der Waals surface area contributed by atoms with E-state index in [4.69, 9.17) is 5.73 Å². The van der Waals surface area contributed by atoms with Gasteiger partial charge in [0.1, 0.15) is 0 Å². The highest BCUT2D eigenvalue weighted by Crippen LogP contribution is 2.26. The Morgan fingerprint density at radius 2 is 1.95 bits per heavy atom. The lowest BCUT2D eigenvalue weighted by atomic mass is 10.2. The number of likely N-dealkylation sites (tertiary alicyclic amines) is 1. The predicted octanol–water partition coefficient (Wildman–Crippen LogP) is 3.07. The summed E-state index contributed by atoms with van der Waals surface area (Å²) in [7, 11) is 0. The van der Waals surface area contributed by atoms with Crippen LogP contribution in [0.5, 0.6) is 0 Å². The summed E-state index contributed by atoms with van der Waals surface area (Å²) in [5.74, 6) is 0.737. The predicted molar refractivity (Wildman–Crippen MR) is 81.4 cm³/mol. The van der Waals surface area contributed by atoms with Gasteiger partial charge in [0.2, 0.25) is 5.91 Å². The zero-order valence-electron chi connectivity index (χ0n) is 11.5. The van der Waals surface area contributed by atoms with Crippen molar-refractivity contribution < 1.29 is 4.79 Å². The molecule has 1 amide bonds. The van der Waals surface area contributed by atoms with E-state index >= 15 is 0 Å². The van der Waals surface area contributed by atoms with E-state index in [1.807, 2.05) is 24.0 Å². The van der Waals surface area contributed by atoms with E-state index < -0.39 is 0 Å². The fourth-order valence-corrected chi connectivity index (χ4v) is 3.28. The molecule has 0 aliphatic carbocycles. The summed E-state index contributed by atoms with van der Waals surface area (Å²) in [5.41, 5.74) is 7.88. The Balaban J connectivity index is 1.90. The number of hydrogen-bond acceptors (Lipinski definition) is 3. The van der Waals surface area contributed by atoms with Gasteiger partial charge in [0.05, 0.1) is 5.75 Å². The minimum Gasteiger partial charge on any atom is -0.398 e. The van der Waals surface area contributed by atoms with Gasteiger partial charge in [-0.05, 0) is 37.5 Å². The van der Waals surface area contributed by atoms with E-state index in [9.17, 15) is 4.79 Å². The second-order valence-corrected chi connectivity index (χ2v) is 6.14. The van der Waals surface area contributed by atoms with Gasteiger partial charge in [-0.25, -0.2) is 0 Å². The van der Waals surface area contributed by atoms with Crippen LogP contribution in [0.4, 0.5) is 5.69 Å². The van der Waals surface area contributed by atoms with Gasteiger partial charge >= 0.3 is 0 Å². The maximum absolute atomic E-state index is 12.2. The first-order valence-corrected chi connectivity index (χ1v) is 7.92. The Morgan fingerprint density at radius 1 is 1.26 bits per heavy atom. The number of carbonyl (C=O) groups is 1. The van der Waals surface area contributed by atoms with Crippen LogP contribution < -0.4 is 5.73 Å². The first-order valence-electron chi connectivity index (χ1n) is 6.93. The number of thioether (sulfide) groups is 1. The van der Waals surface area contributed by atoms with Crippen LogP contribution in [0.2, 0.25) is 0 Å². The lowest BCUT2D eigenvalue weighted by Gasteiger charge is -2.20. The van der Waals surface area contributed by atoms with Gasteiger partial charge in [-0.2, -0.15) is 0 Å². The summed E-state index contributed by atoms with van der Waals surface area (Å²) in [4.78, 5) is 15.2. The molecule has 0 radical (unpaired) electrons. The van der Waals surface area contributed by atoms with E-state index in [0.29, 0.717) is 5.75 Å². The molecule has 1 aromatic rings. The third-order valence-corrected chi connectivity index (χ3v) is 4.53. The number of nitrogens with zero attached hydrogens (tertiary/aromatic N) is 1. The first-order chi connectivity index (χ1) is 9.16. The zero-order valence-corrected chi connectivity index (χ0v) is 12.3. The molecule has 2 rings (SSSR count). The van der Waals surface area contributed by atoms with Crippen LogP contribution in [-0.2, 0) is 4.79 Å². The molecule has 1 fully saturated rings. The minimum atomic E-state index is 0.243. The monoisotopic (exact) mass is 278 g/mol. The SMILES string of the molecule is Cc1ccc(N)c(SCC(=O)N2CCCCCC2)c1. The second kappa shape index (κ2) is 6.85. The van der Waals surface area contributed by atoms with Gasteiger partial charge in [0.15, 0.2) is 0 Å². The molecule has 1 aliphatic heterocycles. The van der Waals surface area contributed by atoms with Crippen molar-refractivity contribution in [3.8, 4) is 0 Å². The summed E-state index contributed by atoms with van der Waals surface area (Å²) < 4.78 is 0. The average Bonchev–Trinajstić information content (AvgIpc) is 2.68. The van der Waals surface area contributed by atoms with Crippen molar-refractivity contribution in [1.82, 2.24) is 4.90 Å². The molecule has 0 saturated carbocycles. The molecular formula is C15H22N2OS. The summed E-state index contributed by atoms with van der Waals surface area (Å²) in [6.45, 7) is 3.88. The van der Waals surface area contributed by atoms with Gasteiger partial charge in [0.25, 0.3) is 0 Å². The van der Waals surface area contributed by atoms with Crippen LogP contribution in [0, 0.1) is 6.92 Å². The van der Waals surface area contributed by atoms with E-state index in [1.165, 1.54) is 18.4 Å². The van der Waals surface area contributed by atoms with Gasteiger partial charge in [-0.15, -0.1) is 11.8 Å². The highest BCUT2D eigenvalue weighted by molar-refractivity contribution is 8.00. The number of carbonyl (C=O) groups excluding carboxylic acids is 1. The lowest BCUT2D eigenvalue weighted by Crippen LogP contribution is -2.33.